The van der Waals surface area contributed by atoms with Gasteiger partial charge in [-0.3, -0.25) is 9.59 Å². The second-order valence-corrected chi connectivity index (χ2v) is 8.49. The highest BCUT2D eigenvalue weighted by atomic mass is 35.5. The summed E-state index contributed by atoms with van der Waals surface area (Å²) in [6, 6.07) is 0. The minimum Gasteiger partial charge on any atom is -0.463 e. The van der Waals surface area contributed by atoms with Gasteiger partial charge in [0, 0.05) is 18.8 Å². The van der Waals surface area contributed by atoms with Crippen molar-refractivity contribution in [3.05, 3.63) is 0 Å². The minimum atomic E-state index is -0.718. The molecule has 0 saturated heterocycles. The van der Waals surface area contributed by atoms with Gasteiger partial charge in [-0.15, -0.1) is 23.2 Å². The molecule has 1 aliphatic rings. The van der Waals surface area contributed by atoms with E-state index in [0.717, 1.165) is 19.3 Å². The van der Waals surface area contributed by atoms with Gasteiger partial charge in [0.25, 0.3) is 0 Å². The van der Waals surface area contributed by atoms with E-state index in [1.54, 1.807) is 0 Å². The topological polar surface area (TPSA) is 52.6 Å². The number of rotatable bonds is 7. The largest absolute Gasteiger partial charge is 0.463 e. The maximum atomic E-state index is 12.0. The predicted molar refractivity (Wildman–Crippen MR) is 91.6 cm³/mol. The third-order valence-corrected chi connectivity index (χ3v) is 4.48. The zero-order valence-corrected chi connectivity index (χ0v) is 15.8. The molecule has 1 fully saturated rings. The molecule has 2 atom stereocenters. The Kier molecular flexibility index (Phi) is 8.70. The number of ether oxygens (including phenoxy) is 2. The molecule has 0 radical (unpaired) electrons. The second-order valence-electron chi connectivity index (χ2n) is 7.21. The van der Waals surface area contributed by atoms with E-state index in [1.807, 2.05) is 0 Å². The van der Waals surface area contributed by atoms with Gasteiger partial charge in [0.2, 0.25) is 0 Å². The average Bonchev–Trinajstić information content (AvgIpc) is 2.44. The Hall–Kier alpha value is -0.480. The van der Waals surface area contributed by atoms with Crippen molar-refractivity contribution in [3.8, 4) is 0 Å². The summed E-state index contributed by atoms with van der Waals surface area (Å²) < 4.78 is 10.5. The Labute approximate surface area is 149 Å². The molecule has 6 heteroatoms. The van der Waals surface area contributed by atoms with Crippen LogP contribution in [0.25, 0.3) is 0 Å². The van der Waals surface area contributed by atoms with Crippen molar-refractivity contribution in [1.29, 1.82) is 0 Å². The van der Waals surface area contributed by atoms with E-state index >= 15 is 0 Å². The highest BCUT2D eigenvalue weighted by Crippen LogP contribution is 2.39. The summed E-state index contributed by atoms with van der Waals surface area (Å²) >= 11 is 11.0. The first-order valence-corrected chi connectivity index (χ1v) is 9.20. The Bertz CT molecular complexity index is 391. The van der Waals surface area contributed by atoms with Crippen LogP contribution in [-0.4, -0.2) is 29.5 Å². The van der Waals surface area contributed by atoms with Gasteiger partial charge in [-0.2, -0.15) is 0 Å². The van der Waals surface area contributed by atoms with Crippen LogP contribution in [0.2, 0.25) is 0 Å². The van der Waals surface area contributed by atoms with Crippen LogP contribution >= 0.6 is 23.2 Å². The predicted octanol–water partition coefficient (Wildman–Crippen LogP) is 4.65. The van der Waals surface area contributed by atoms with Crippen LogP contribution in [0.3, 0.4) is 0 Å². The van der Waals surface area contributed by atoms with Crippen LogP contribution in [0.15, 0.2) is 0 Å². The lowest BCUT2D eigenvalue weighted by Crippen LogP contribution is -2.38. The highest BCUT2D eigenvalue weighted by Gasteiger charge is 2.36. The lowest BCUT2D eigenvalue weighted by molar-refractivity contribution is -0.156. The van der Waals surface area contributed by atoms with Crippen molar-refractivity contribution in [2.24, 2.45) is 11.3 Å². The van der Waals surface area contributed by atoms with Gasteiger partial charge in [-0.05, 0) is 31.1 Å². The SMILES string of the molecule is CC(C)(C)C1CCCCC1OC(=O)CCCC(=O)OCC(Cl)Cl. The van der Waals surface area contributed by atoms with Crippen LogP contribution in [-0.2, 0) is 19.1 Å². The van der Waals surface area contributed by atoms with Gasteiger partial charge < -0.3 is 9.47 Å². The standard InChI is InChI=1S/C17H28Cl2O4/c1-17(2,3)12-7-4-5-8-13(12)23-16(21)10-6-9-15(20)22-11-14(18)19/h12-14H,4-11H2,1-3H3. The fourth-order valence-corrected chi connectivity index (χ4v) is 3.19. The summed E-state index contributed by atoms with van der Waals surface area (Å²) in [6.07, 6.45) is 5.15. The van der Waals surface area contributed by atoms with Crippen LogP contribution < -0.4 is 0 Å². The van der Waals surface area contributed by atoms with Crippen LogP contribution in [0.4, 0.5) is 0 Å². The normalized spacial score (nSPS) is 22.0. The lowest BCUT2D eigenvalue weighted by atomic mass is 9.70. The van der Waals surface area contributed by atoms with E-state index in [-0.39, 0.29) is 36.9 Å². The molecule has 0 spiro atoms. The van der Waals surface area contributed by atoms with Gasteiger partial charge in [0.15, 0.2) is 0 Å². The Morgan fingerprint density at radius 1 is 1.09 bits per heavy atom. The van der Waals surface area contributed by atoms with Gasteiger partial charge in [0.05, 0.1) is 0 Å². The summed E-state index contributed by atoms with van der Waals surface area (Å²) in [5, 5.41) is 0. The molecule has 134 valence electrons. The van der Waals surface area contributed by atoms with Gasteiger partial charge >= 0.3 is 11.9 Å². The molecule has 1 saturated carbocycles. The number of halogens is 2. The second kappa shape index (κ2) is 9.73. The van der Waals surface area contributed by atoms with Crippen molar-refractivity contribution in [3.63, 3.8) is 0 Å². The van der Waals surface area contributed by atoms with Crippen LogP contribution in [0.1, 0.15) is 65.7 Å². The monoisotopic (exact) mass is 366 g/mol. The highest BCUT2D eigenvalue weighted by molar-refractivity contribution is 6.44. The minimum absolute atomic E-state index is 0.00328. The van der Waals surface area contributed by atoms with Gasteiger partial charge in [0.1, 0.15) is 17.5 Å². The van der Waals surface area contributed by atoms with E-state index in [4.69, 9.17) is 32.7 Å². The van der Waals surface area contributed by atoms with Crippen molar-refractivity contribution in [1.82, 2.24) is 0 Å². The number of alkyl halides is 2. The van der Waals surface area contributed by atoms with Crippen LogP contribution in [0, 0.1) is 11.3 Å². The maximum absolute atomic E-state index is 12.0. The summed E-state index contributed by atoms with van der Waals surface area (Å²) in [6.45, 7) is 6.56. The third-order valence-electron chi connectivity index (χ3n) is 4.23. The van der Waals surface area contributed by atoms with Crippen molar-refractivity contribution < 1.29 is 19.1 Å². The molecule has 0 aromatic heterocycles. The molecule has 4 nitrogen and oxygen atoms in total. The van der Waals surface area contributed by atoms with E-state index in [2.05, 4.69) is 20.8 Å². The molecule has 0 aromatic rings. The summed E-state index contributed by atoms with van der Waals surface area (Å²) in [5.74, 6) is -0.226. The van der Waals surface area contributed by atoms with E-state index < -0.39 is 10.8 Å². The smallest absolute Gasteiger partial charge is 0.306 e. The quantitative estimate of drug-likeness (QED) is 0.485. The van der Waals surface area contributed by atoms with Crippen molar-refractivity contribution in [2.45, 2.75) is 76.7 Å². The van der Waals surface area contributed by atoms with Crippen LogP contribution in [0.5, 0.6) is 0 Å². The van der Waals surface area contributed by atoms with E-state index in [1.165, 1.54) is 6.42 Å². The van der Waals surface area contributed by atoms with E-state index in [0.29, 0.717) is 12.3 Å². The number of esters is 2. The molecule has 0 heterocycles. The maximum Gasteiger partial charge on any atom is 0.306 e. The molecule has 1 aliphatic carbocycles. The van der Waals surface area contributed by atoms with Gasteiger partial charge in [-0.1, -0.05) is 27.2 Å². The number of hydrogen-bond donors (Lipinski definition) is 0. The first-order chi connectivity index (χ1) is 10.7. The molecule has 0 aliphatic heterocycles. The summed E-state index contributed by atoms with van der Waals surface area (Å²) in [7, 11) is 0. The lowest BCUT2D eigenvalue weighted by Gasteiger charge is -2.39. The van der Waals surface area contributed by atoms with Crippen molar-refractivity contribution in [2.75, 3.05) is 6.61 Å². The number of hydrogen-bond acceptors (Lipinski definition) is 4. The molecule has 0 amide bonds. The first-order valence-electron chi connectivity index (χ1n) is 8.33. The Morgan fingerprint density at radius 2 is 1.70 bits per heavy atom. The molecular weight excluding hydrogens is 339 g/mol. The zero-order valence-electron chi connectivity index (χ0n) is 14.3. The fourth-order valence-electron chi connectivity index (χ4n) is 3.06. The molecule has 0 aromatic carbocycles. The number of carbonyl (C=O) groups is 2. The van der Waals surface area contributed by atoms with Crippen molar-refractivity contribution >= 4 is 35.1 Å². The first kappa shape index (κ1) is 20.6. The summed E-state index contributed by atoms with van der Waals surface area (Å²) in [5.41, 5.74) is 0.134. The molecule has 1 rings (SSSR count). The molecule has 0 N–H and O–H groups in total. The third kappa shape index (κ3) is 8.25. The Morgan fingerprint density at radius 3 is 2.30 bits per heavy atom. The molecule has 0 bridgehead atoms. The molecule has 2 unspecified atom stereocenters. The Balaban J connectivity index is 2.31. The fraction of sp³-hybridized carbons (Fsp3) is 0.882. The van der Waals surface area contributed by atoms with E-state index in [9.17, 15) is 9.59 Å². The molecule has 23 heavy (non-hydrogen) atoms. The van der Waals surface area contributed by atoms with Gasteiger partial charge in [-0.25, -0.2) is 0 Å². The molecular formula is C17H28Cl2O4. The zero-order chi connectivity index (χ0) is 17.5. The summed E-state index contributed by atoms with van der Waals surface area (Å²) in [4.78, 5) is 22.7. The number of carbonyl (C=O) groups excluding carboxylic acids is 2. The average molecular weight is 367 g/mol.